The molecular formula is C22H23ClN2O3. The maximum atomic E-state index is 12.5. The van der Waals surface area contributed by atoms with E-state index in [1.54, 1.807) is 46.2 Å². The predicted octanol–water partition coefficient (Wildman–Crippen LogP) is 3.74. The van der Waals surface area contributed by atoms with Crippen LogP contribution in [0.4, 0.5) is 0 Å². The molecule has 0 N–H and O–H groups in total. The van der Waals surface area contributed by atoms with Crippen molar-refractivity contribution in [1.82, 2.24) is 9.80 Å². The van der Waals surface area contributed by atoms with Gasteiger partial charge in [-0.15, -0.1) is 0 Å². The van der Waals surface area contributed by atoms with Gasteiger partial charge in [0.25, 0.3) is 5.91 Å². The molecule has 3 rings (SSSR count). The lowest BCUT2D eigenvalue weighted by Gasteiger charge is -2.34. The topological polar surface area (TPSA) is 49.9 Å². The van der Waals surface area contributed by atoms with Crippen molar-refractivity contribution in [2.45, 2.75) is 6.92 Å². The first-order valence-corrected chi connectivity index (χ1v) is 9.69. The van der Waals surface area contributed by atoms with Crippen molar-refractivity contribution >= 4 is 29.5 Å². The standard InChI is InChI=1S/C22H23ClN2O3/c1-2-28-20-10-3-17(4-11-20)5-12-21(26)24-13-15-25(16-14-24)22(27)18-6-8-19(23)9-7-18/h3-12H,2,13-16H2,1H3/b12-5+. The highest BCUT2D eigenvalue weighted by atomic mass is 35.5. The molecule has 28 heavy (non-hydrogen) atoms. The molecule has 0 atom stereocenters. The molecule has 0 spiro atoms. The van der Waals surface area contributed by atoms with Crippen LogP contribution >= 0.6 is 11.6 Å². The van der Waals surface area contributed by atoms with Gasteiger partial charge in [0.1, 0.15) is 5.75 Å². The molecule has 0 unspecified atom stereocenters. The minimum absolute atomic E-state index is 0.0336. The average molecular weight is 399 g/mol. The molecule has 5 nitrogen and oxygen atoms in total. The summed E-state index contributed by atoms with van der Waals surface area (Å²) in [6.07, 6.45) is 3.37. The van der Waals surface area contributed by atoms with E-state index in [1.165, 1.54) is 0 Å². The third-order valence-electron chi connectivity index (χ3n) is 4.58. The van der Waals surface area contributed by atoms with Crippen molar-refractivity contribution in [2.24, 2.45) is 0 Å². The molecule has 1 saturated heterocycles. The van der Waals surface area contributed by atoms with Crippen LogP contribution < -0.4 is 4.74 Å². The Morgan fingerprint density at radius 3 is 2.18 bits per heavy atom. The van der Waals surface area contributed by atoms with Crippen LogP contribution in [0.3, 0.4) is 0 Å². The largest absolute Gasteiger partial charge is 0.494 e. The second kappa shape index (κ2) is 9.42. The maximum Gasteiger partial charge on any atom is 0.253 e. The first-order valence-electron chi connectivity index (χ1n) is 9.31. The fraction of sp³-hybridized carbons (Fsp3) is 0.273. The van der Waals surface area contributed by atoms with Crippen molar-refractivity contribution in [3.8, 4) is 5.75 Å². The molecule has 1 aliphatic rings. The highest BCUT2D eigenvalue weighted by Crippen LogP contribution is 2.15. The van der Waals surface area contributed by atoms with Gasteiger partial charge in [-0.25, -0.2) is 0 Å². The molecule has 0 saturated carbocycles. The molecule has 1 fully saturated rings. The van der Waals surface area contributed by atoms with Crippen LogP contribution in [0, 0.1) is 0 Å². The maximum absolute atomic E-state index is 12.5. The van der Waals surface area contributed by atoms with E-state index < -0.39 is 0 Å². The Hall–Kier alpha value is -2.79. The Morgan fingerprint density at radius 2 is 1.57 bits per heavy atom. The summed E-state index contributed by atoms with van der Waals surface area (Å²) in [5, 5.41) is 0.603. The van der Waals surface area contributed by atoms with Crippen LogP contribution in [0.2, 0.25) is 5.02 Å². The van der Waals surface area contributed by atoms with E-state index in [1.807, 2.05) is 31.2 Å². The zero-order chi connectivity index (χ0) is 19.9. The highest BCUT2D eigenvalue weighted by Gasteiger charge is 2.23. The summed E-state index contributed by atoms with van der Waals surface area (Å²) in [6.45, 7) is 4.64. The van der Waals surface area contributed by atoms with Crippen LogP contribution in [-0.2, 0) is 4.79 Å². The van der Waals surface area contributed by atoms with Crippen molar-refractivity contribution in [2.75, 3.05) is 32.8 Å². The first-order chi connectivity index (χ1) is 13.6. The molecule has 2 aromatic carbocycles. The van der Waals surface area contributed by atoms with Gasteiger partial charge >= 0.3 is 0 Å². The second-order valence-corrected chi connectivity index (χ2v) is 6.90. The van der Waals surface area contributed by atoms with Crippen molar-refractivity contribution in [1.29, 1.82) is 0 Å². The quantitative estimate of drug-likeness (QED) is 0.721. The molecule has 0 aromatic heterocycles. The van der Waals surface area contributed by atoms with Gasteiger partial charge in [-0.2, -0.15) is 0 Å². The Kier molecular flexibility index (Phi) is 6.71. The molecule has 2 aromatic rings. The number of amides is 2. The van der Waals surface area contributed by atoms with Gasteiger partial charge in [0, 0.05) is 42.8 Å². The summed E-state index contributed by atoms with van der Waals surface area (Å²) >= 11 is 5.87. The number of ether oxygens (including phenoxy) is 1. The number of rotatable bonds is 5. The molecule has 146 valence electrons. The number of hydrogen-bond donors (Lipinski definition) is 0. The molecule has 1 aliphatic heterocycles. The smallest absolute Gasteiger partial charge is 0.253 e. The fourth-order valence-corrected chi connectivity index (χ4v) is 3.15. The number of carbonyl (C=O) groups excluding carboxylic acids is 2. The lowest BCUT2D eigenvalue weighted by Crippen LogP contribution is -2.50. The third kappa shape index (κ3) is 5.14. The number of halogens is 1. The highest BCUT2D eigenvalue weighted by molar-refractivity contribution is 6.30. The first kappa shape index (κ1) is 20.0. The van der Waals surface area contributed by atoms with E-state index in [-0.39, 0.29) is 11.8 Å². The van der Waals surface area contributed by atoms with Crippen molar-refractivity contribution < 1.29 is 14.3 Å². The molecule has 1 heterocycles. The van der Waals surface area contributed by atoms with Crippen molar-refractivity contribution in [3.05, 3.63) is 70.8 Å². The lowest BCUT2D eigenvalue weighted by molar-refractivity contribution is -0.127. The van der Waals surface area contributed by atoms with Gasteiger partial charge in [-0.05, 0) is 55.0 Å². The Balaban J connectivity index is 1.51. The number of benzene rings is 2. The summed E-state index contributed by atoms with van der Waals surface area (Å²) < 4.78 is 5.41. The zero-order valence-corrected chi connectivity index (χ0v) is 16.6. The lowest BCUT2D eigenvalue weighted by atomic mass is 10.1. The summed E-state index contributed by atoms with van der Waals surface area (Å²) in [7, 11) is 0. The van der Waals surface area contributed by atoms with E-state index >= 15 is 0 Å². The number of carbonyl (C=O) groups is 2. The Morgan fingerprint density at radius 1 is 0.964 bits per heavy atom. The number of piperazine rings is 1. The minimum atomic E-state index is -0.0486. The summed E-state index contributed by atoms with van der Waals surface area (Å²) in [4.78, 5) is 28.5. The molecular weight excluding hydrogens is 376 g/mol. The van der Waals surface area contributed by atoms with Crippen LogP contribution in [0.15, 0.2) is 54.6 Å². The van der Waals surface area contributed by atoms with Crippen molar-refractivity contribution in [3.63, 3.8) is 0 Å². The molecule has 0 aliphatic carbocycles. The van der Waals surface area contributed by atoms with Gasteiger partial charge in [-0.1, -0.05) is 23.7 Å². The van der Waals surface area contributed by atoms with E-state index in [0.29, 0.717) is 43.4 Å². The van der Waals surface area contributed by atoms with Gasteiger partial charge < -0.3 is 14.5 Å². The normalized spacial score (nSPS) is 14.4. The average Bonchev–Trinajstić information content (AvgIpc) is 2.73. The fourth-order valence-electron chi connectivity index (χ4n) is 3.02. The molecule has 0 radical (unpaired) electrons. The van der Waals surface area contributed by atoms with Gasteiger partial charge in [0.05, 0.1) is 6.61 Å². The molecule has 6 heteroatoms. The number of hydrogen-bond acceptors (Lipinski definition) is 3. The van der Waals surface area contributed by atoms with Gasteiger partial charge in [-0.3, -0.25) is 9.59 Å². The molecule has 2 amide bonds. The predicted molar refractivity (Wildman–Crippen MR) is 111 cm³/mol. The van der Waals surface area contributed by atoms with Crippen LogP contribution in [0.25, 0.3) is 6.08 Å². The molecule has 0 bridgehead atoms. The SMILES string of the molecule is CCOc1ccc(/C=C/C(=O)N2CCN(C(=O)c3ccc(Cl)cc3)CC2)cc1. The van der Waals surface area contributed by atoms with Gasteiger partial charge in [0.2, 0.25) is 5.91 Å². The third-order valence-corrected chi connectivity index (χ3v) is 4.83. The Bertz CT molecular complexity index is 839. The van der Waals surface area contributed by atoms with Crippen LogP contribution in [0.1, 0.15) is 22.8 Å². The number of nitrogens with zero attached hydrogens (tertiary/aromatic N) is 2. The van der Waals surface area contributed by atoms with Crippen LogP contribution in [-0.4, -0.2) is 54.4 Å². The summed E-state index contributed by atoms with van der Waals surface area (Å²) in [5.74, 6) is 0.730. The minimum Gasteiger partial charge on any atom is -0.494 e. The van der Waals surface area contributed by atoms with Gasteiger partial charge in [0.15, 0.2) is 0 Å². The van der Waals surface area contributed by atoms with E-state index in [0.717, 1.165) is 11.3 Å². The van der Waals surface area contributed by atoms with E-state index in [4.69, 9.17) is 16.3 Å². The van der Waals surface area contributed by atoms with Crippen LogP contribution in [0.5, 0.6) is 5.75 Å². The monoisotopic (exact) mass is 398 g/mol. The zero-order valence-electron chi connectivity index (χ0n) is 15.8. The summed E-state index contributed by atoms with van der Waals surface area (Å²) in [6, 6.07) is 14.5. The van der Waals surface area contributed by atoms with E-state index in [2.05, 4.69) is 0 Å². The summed E-state index contributed by atoms with van der Waals surface area (Å²) in [5.41, 5.74) is 1.55. The van der Waals surface area contributed by atoms with E-state index in [9.17, 15) is 9.59 Å². The Labute approximate surface area is 170 Å². The second-order valence-electron chi connectivity index (χ2n) is 6.46.